The second kappa shape index (κ2) is 8.60. The number of aryl methyl sites for hydroxylation is 1. The number of aliphatic carboxylic acids is 1. The summed E-state index contributed by atoms with van der Waals surface area (Å²) in [5.74, 6) is 0.134. The summed E-state index contributed by atoms with van der Waals surface area (Å²) in [7, 11) is 0. The van der Waals surface area contributed by atoms with Gasteiger partial charge in [0.05, 0.1) is 11.0 Å². The zero-order chi connectivity index (χ0) is 22.1. The normalized spacial score (nSPS) is 17.0. The van der Waals surface area contributed by atoms with E-state index >= 15 is 0 Å². The van der Waals surface area contributed by atoms with Gasteiger partial charge in [0.25, 0.3) is 0 Å². The number of carbonyl (C=O) groups is 1. The van der Waals surface area contributed by atoms with E-state index in [2.05, 4.69) is 77.5 Å². The molecule has 162 valence electrons. The lowest BCUT2D eigenvalue weighted by Gasteiger charge is -2.32. The van der Waals surface area contributed by atoms with Crippen molar-refractivity contribution in [3.63, 3.8) is 0 Å². The molecule has 1 aromatic heterocycles. The molecule has 0 spiro atoms. The van der Waals surface area contributed by atoms with Crippen LogP contribution >= 0.6 is 0 Å². The number of piperidine rings is 1. The van der Waals surface area contributed by atoms with Gasteiger partial charge < -0.3 is 10.1 Å². The average Bonchev–Trinajstić information content (AvgIpc) is 3.26. The molecule has 1 atom stereocenters. The molecule has 1 fully saturated rings. The SMILES string of the molecule is Cc1c(-c2ccccc2)ccc2[nH]c(-c3ccc(CN4CCCC[C@H]4C(=O)O)cc3)nc12. The van der Waals surface area contributed by atoms with Gasteiger partial charge in [-0.05, 0) is 54.6 Å². The molecular formula is C27H27N3O2. The summed E-state index contributed by atoms with van der Waals surface area (Å²) in [5, 5.41) is 9.51. The Morgan fingerprint density at radius 1 is 1.03 bits per heavy atom. The highest BCUT2D eigenvalue weighted by Gasteiger charge is 2.28. The number of benzene rings is 3. The van der Waals surface area contributed by atoms with Crippen LogP contribution in [-0.2, 0) is 11.3 Å². The smallest absolute Gasteiger partial charge is 0.320 e. The first-order valence-electron chi connectivity index (χ1n) is 11.2. The molecule has 0 saturated carbocycles. The van der Waals surface area contributed by atoms with Crippen LogP contribution in [0.25, 0.3) is 33.5 Å². The van der Waals surface area contributed by atoms with E-state index in [-0.39, 0.29) is 6.04 Å². The second-order valence-corrected chi connectivity index (χ2v) is 8.60. The fourth-order valence-corrected chi connectivity index (χ4v) is 4.74. The minimum Gasteiger partial charge on any atom is -0.480 e. The zero-order valence-corrected chi connectivity index (χ0v) is 18.2. The van der Waals surface area contributed by atoms with Crippen molar-refractivity contribution in [3.8, 4) is 22.5 Å². The van der Waals surface area contributed by atoms with Gasteiger partial charge in [-0.3, -0.25) is 9.69 Å². The Morgan fingerprint density at radius 3 is 2.56 bits per heavy atom. The van der Waals surface area contributed by atoms with E-state index in [4.69, 9.17) is 4.98 Å². The molecule has 0 unspecified atom stereocenters. The number of imidazole rings is 1. The van der Waals surface area contributed by atoms with Crippen LogP contribution < -0.4 is 0 Å². The number of carboxylic acids is 1. The van der Waals surface area contributed by atoms with Gasteiger partial charge in [-0.2, -0.15) is 0 Å². The summed E-state index contributed by atoms with van der Waals surface area (Å²) in [6.07, 6.45) is 2.78. The van der Waals surface area contributed by atoms with Crippen molar-refractivity contribution in [2.45, 2.75) is 38.8 Å². The molecule has 4 aromatic rings. The van der Waals surface area contributed by atoms with Gasteiger partial charge in [-0.1, -0.05) is 67.1 Å². The molecule has 3 aromatic carbocycles. The van der Waals surface area contributed by atoms with Gasteiger partial charge in [0.1, 0.15) is 11.9 Å². The Morgan fingerprint density at radius 2 is 1.81 bits per heavy atom. The van der Waals surface area contributed by atoms with Crippen molar-refractivity contribution in [1.29, 1.82) is 0 Å². The Kier molecular flexibility index (Phi) is 5.50. The molecule has 1 aliphatic heterocycles. The van der Waals surface area contributed by atoms with Crippen LogP contribution in [0.15, 0.2) is 66.7 Å². The van der Waals surface area contributed by atoms with Gasteiger partial charge in [0.2, 0.25) is 0 Å². The fourth-order valence-electron chi connectivity index (χ4n) is 4.74. The number of carboxylic acid groups (broad SMARTS) is 1. The average molecular weight is 426 g/mol. The molecule has 0 aliphatic carbocycles. The van der Waals surface area contributed by atoms with Crippen LogP contribution in [0.1, 0.15) is 30.4 Å². The molecule has 1 saturated heterocycles. The van der Waals surface area contributed by atoms with Gasteiger partial charge in [-0.25, -0.2) is 4.98 Å². The Bertz CT molecular complexity index is 1250. The van der Waals surface area contributed by atoms with Crippen LogP contribution in [-0.4, -0.2) is 38.5 Å². The first-order valence-corrected chi connectivity index (χ1v) is 11.2. The Labute approximate surface area is 187 Å². The summed E-state index contributed by atoms with van der Waals surface area (Å²) in [5.41, 5.74) is 7.72. The first kappa shape index (κ1) is 20.5. The van der Waals surface area contributed by atoms with Crippen LogP contribution in [0.3, 0.4) is 0 Å². The predicted molar refractivity (Wildman–Crippen MR) is 127 cm³/mol. The molecule has 5 heteroatoms. The van der Waals surface area contributed by atoms with E-state index in [0.29, 0.717) is 6.54 Å². The molecule has 2 heterocycles. The Balaban J connectivity index is 1.40. The number of fused-ring (bicyclic) bond motifs is 1. The van der Waals surface area contributed by atoms with Gasteiger partial charge in [-0.15, -0.1) is 0 Å². The van der Waals surface area contributed by atoms with Crippen molar-refractivity contribution in [1.82, 2.24) is 14.9 Å². The standard InChI is InChI=1S/C27H27N3O2/c1-18-22(20-7-3-2-4-8-20)14-15-23-25(18)29-26(28-23)21-12-10-19(11-13-21)17-30-16-6-5-9-24(30)27(31)32/h2-4,7-8,10-15,24H,5-6,9,16-17H2,1H3,(H,28,29)(H,31,32)/t24-/m0/s1. The van der Waals surface area contributed by atoms with E-state index in [0.717, 1.165) is 59.4 Å². The number of hydrogen-bond acceptors (Lipinski definition) is 3. The lowest BCUT2D eigenvalue weighted by Crippen LogP contribution is -2.43. The van der Waals surface area contributed by atoms with Crippen LogP contribution in [0.4, 0.5) is 0 Å². The topological polar surface area (TPSA) is 69.2 Å². The first-order chi connectivity index (χ1) is 15.6. The van der Waals surface area contributed by atoms with Crippen molar-refractivity contribution in [2.24, 2.45) is 0 Å². The van der Waals surface area contributed by atoms with E-state index < -0.39 is 5.97 Å². The third-order valence-corrected chi connectivity index (χ3v) is 6.50. The Hall–Kier alpha value is -3.44. The molecule has 2 N–H and O–H groups in total. The number of nitrogens with one attached hydrogen (secondary N) is 1. The summed E-state index contributed by atoms with van der Waals surface area (Å²) >= 11 is 0. The number of hydrogen-bond donors (Lipinski definition) is 2. The molecule has 0 amide bonds. The highest BCUT2D eigenvalue weighted by Crippen LogP contribution is 2.30. The van der Waals surface area contributed by atoms with Crippen molar-refractivity contribution in [3.05, 3.63) is 77.9 Å². The molecule has 5 nitrogen and oxygen atoms in total. The number of nitrogens with zero attached hydrogens (tertiary/aromatic N) is 2. The summed E-state index contributed by atoms with van der Waals surface area (Å²) in [6, 6.07) is 22.6. The number of aromatic nitrogens is 2. The number of aromatic amines is 1. The summed E-state index contributed by atoms with van der Waals surface area (Å²) in [4.78, 5) is 22.0. The number of H-pyrrole nitrogens is 1. The monoisotopic (exact) mass is 425 g/mol. The quantitative estimate of drug-likeness (QED) is 0.434. The van der Waals surface area contributed by atoms with E-state index in [1.165, 1.54) is 11.1 Å². The molecular weight excluding hydrogens is 398 g/mol. The van der Waals surface area contributed by atoms with Crippen LogP contribution in [0, 0.1) is 6.92 Å². The maximum atomic E-state index is 11.6. The number of rotatable bonds is 5. The van der Waals surface area contributed by atoms with E-state index in [9.17, 15) is 9.90 Å². The molecule has 1 aliphatic rings. The lowest BCUT2D eigenvalue weighted by molar-refractivity contribution is -0.144. The zero-order valence-electron chi connectivity index (χ0n) is 18.2. The number of likely N-dealkylation sites (tertiary alicyclic amines) is 1. The highest BCUT2D eigenvalue weighted by atomic mass is 16.4. The maximum Gasteiger partial charge on any atom is 0.320 e. The minimum absolute atomic E-state index is 0.374. The lowest BCUT2D eigenvalue weighted by atomic mass is 9.99. The molecule has 0 radical (unpaired) electrons. The predicted octanol–water partition coefficient (Wildman–Crippen LogP) is 5.64. The van der Waals surface area contributed by atoms with Gasteiger partial charge in [0, 0.05) is 12.1 Å². The fraction of sp³-hybridized carbons (Fsp3) is 0.259. The second-order valence-electron chi connectivity index (χ2n) is 8.60. The largest absolute Gasteiger partial charge is 0.480 e. The van der Waals surface area contributed by atoms with E-state index in [1.54, 1.807) is 0 Å². The molecule has 32 heavy (non-hydrogen) atoms. The van der Waals surface area contributed by atoms with Crippen molar-refractivity contribution in [2.75, 3.05) is 6.54 Å². The summed E-state index contributed by atoms with van der Waals surface area (Å²) in [6.45, 7) is 3.62. The summed E-state index contributed by atoms with van der Waals surface area (Å²) < 4.78 is 0. The van der Waals surface area contributed by atoms with E-state index in [1.807, 2.05) is 6.07 Å². The minimum atomic E-state index is -0.714. The van der Waals surface area contributed by atoms with Crippen LogP contribution in [0.5, 0.6) is 0 Å². The highest BCUT2D eigenvalue weighted by molar-refractivity contribution is 5.88. The van der Waals surface area contributed by atoms with Gasteiger partial charge in [0.15, 0.2) is 0 Å². The third kappa shape index (κ3) is 3.92. The third-order valence-electron chi connectivity index (χ3n) is 6.50. The van der Waals surface area contributed by atoms with Crippen molar-refractivity contribution < 1.29 is 9.90 Å². The van der Waals surface area contributed by atoms with Crippen molar-refractivity contribution >= 4 is 17.0 Å². The molecule has 0 bridgehead atoms. The van der Waals surface area contributed by atoms with Gasteiger partial charge >= 0.3 is 5.97 Å². The molecule has 5 rings (SSSR count). The maximum absolute atomic E-state index is 11.6. The van der Waals surface area contributed by atoms with Crippen LogP contribution in [0.2, 0.25) is 0 Å².